The third-order valence-electron chi connectivity index (χ3n) is 5.66. The van der Waals surface area contributed by atoms with Crippen molar-refractivity contribution >= 4 is 17.7 Å². The Morgan fingerprint density at radius 1 is 1.15 bits per heavy atom. The van der Waals surface area contributed by atoms with E-state index in [1.807, 2.05) is 0 Å². The fourth-order valence-corrected chi connectivity index (χ4v) is 3.67. The van der Waals surface area contributed by atoms with Crippen LogP contribution in [0.2, 0.25) is 0 Å². The third-order valence-corrected chi connectivity index (χ3v) is 5.66. The Balaban J connectivity index is 1.37. The van der Waals surface area contributed by atoms with Crippen LogP contribution in [0.15, 0.2) is 6.20 Å². The van der Waals surface area contributed by atoms with Gasteiger partial charge in [0.05, 0.1) is 17.8 Å². The van der Waals surface area contributed by atoms with Gasteiger partial charge < -0.3 is 21.1 Å². The highest BCUT2D eigenvalue weighted by Gasteiger charge is 2.30. The van der Waals surface area contributed by atoms with Crippen molar-refractivity contribution in [3.8, 4) is 0 Å². The predicted molar refractivity (Wildman–Crippen MR) is 100 cm³/mol. The summed E-state index contributed by atoms with van der Waals surface area (Å²) in [5, 5.41) is 6.78. The van der Waals surface area contributed by atoms with E-state index in [1.54, 1.807) is 0 Å². The molecule has 3 saturated carbocycles. The number of nitrogens with two attached hydrogens (primary N) is 1. The summed E-state index contributed by atoms with van der Waals surface area (Å²) in [5.74, 6) is 1.26. The topological polar surface area (TPSA) is 102 Å². The van der Waals surface area contributed by atoms with Gasteiger partial charge in [0.2, 0.25) is 5.95 Å². The summed E-state index contributed by atoms with van der Waals surface area (Å²) in [4.78, 5) is 20.5. The van der Waals surface area contributed by atoms with Gasteiger partial charge in [0.15, 0.2) is 0 Å². The van der Waals surface area contributed by atoms with Crippen LogP contribution in [0.3, 0.4) is 0 Å². The Morgan fingerprint density at radius 2 is 1.81 bits per heavy atom. The van der Waals surface area contributed by atoms with Gasteiger partial charge in [-0.2, -0.15) is 4.98 Å². The molecule has 0 spiro atoms. The molecule has 0 bridgehead atoms. The molecule has 1 amide bonds. The van der Waals surface area contributed by atoms with Crippen LogP contribution in [0.5, 0.6) is 0 Å². The average Bonchev–Trinajstić information content (AvgIpc) is 3.51. The van der Waals surface area contributed by atoms with E-state index in [1.165, 1.54) is 31.9 Å². The number of nitrogens with zero attached hydrogens (tertiary/aromatic N) is 2. The maximum atomic E-state index is 11.7. The Morgan fingerprint density at radius 3 is 2.38 bits per heavy atom. The van der Waals surface area contributed by atoms with Gasteiger partial charge in [-0.1, -0.05) is 0 Å². The number of nitrogens with one attached hydrogen (secondary N) is 2. The minimum atomic E-state index is -0.500. The van der Waals surface area contributed by atoms with E-state index in [0.29, 0.717) is 41.5 Å². The van der Waals surface area contributed by atoms with Crippen LogP contribution >= 0.6 is 0 Å². The molecule has 0 unspecified atom stereocenters. The van der Waals surface area contributed by atoms with Crippen molar-refractivity contribution in [3.05, 3.63) is 11.8 Å². The Kier molecular flexibility index (Phi) is 4.98. The lowest BCUT2D eigenvalue weighted by Gasteiger charge is -2.29. The lowest BCUT2D eigenvalue weighted by Crippen LogP contribution is -2.31. The molecular formula is C19H29N5O2. The molecule has 7 heteroatoms. The first-order valence-electron chi connectivity index (χ1n) is 9.94. The third kappa shape index (κ3) is 4.44. The number of primary amides is 1. The lowest BCUT2D eigenvalue weighted by molar-refractivity contribution is 0.0146. The Hall–Kier alpha value is -1.89. The molecule has 7 nitrogen and oxygen atoms in total. The average molecular weight is 359 g/mol. The van der Waals surface area contributed by atoms with Crippen molar-refractivity contribution in [1.82, 2.24) is 9.97 Å². The standard InChI is InChI=1S/C19H29N5O2/c1-11(12-2-3-12)22-18-16(17(20)25)10-21-19(24-18)23-13-4-6-14(7-5-13)26-15-8-9-15/h10-15H,2-9H2,1H3,(H2,20,25)(H2,21,22,23,24)/t11-,13-,14-/m1/s1. The molecule has 0 saturated heterocycles. The van der Waals surface area contributed by atoms with Gasteiger partial charge in [-0.05, 0) is 64.2 Å². The summed E-state index contributed by atoms with van der Waals surface area (Å²) < 4.78 is 6.01. The van der Waals surface area contributed by atoms with E-state index in [2.05, 4.69) is 27.5 Å². The maximum absolute atomic E-state index is 11.7. The first kappa shape index (κ1) is 17.5. The normalized spacial score (nSPS) is 27.0. The maximum Gasteiger partial charge on any atom is 0.254 e. The second-order valence-electron chi connectivity index (χ2n) is 8.04. The van der Waals surface area contributed by atoms with E-state index >= 15 is 0 Å². The van der Waals surface area contributed by atoms with Gasteiger partial charge >= 0.3 is 0 Å². The fourth-order valence-electron chi connectivity index (χ4n) is 3.67. The molecule has 1 heterocycles. The van der Waals surface area contributed by atoms with Gasteiger partial charge in [0.25, 0.3) is 5.91 Å². The number of hydrogen-bond acceptors (Lipinski definition) is 6. The second-order valence-corrected chi connectivity index (χ2v) is 8.04. The highest BCUT2D eigenvalue weighted by molar-refractivity contribution is 5.97. The van der Waals surface area contributed by atoms with Crippen molar-refractivity contribution in [3.63, 3.8) is 0 Å². The number of hydrogen-bond donors (Lipinski definition) is 3. The summed E-state index contributed by atoms with van der Waals surface area (Å²) in [6.45, 7) is 2.12. The number of rotatable bonds is 8. The molecule has 142 valence electrons. The van der Waals surface area contributed by atoms with E-state index in [9.17, 15) is 4.79 Å². The number of aromatic nitrogens is 2. The predicted octanol–water partition coefficient (Wildman–Crippen LogP) is 2.69. The van der Waals surface area contributed by atoms with Crippen molar-refractivity contribution in [2.24, 2.45) is 11.7 Å². The molecule has 4 rings (SSSR count). The van der Waals surface area contributed by atoms with Crippen LogP contribution < -0.4 is 16.4 Å². The molecular weight excluding hydrogens is 330 g/mol. The lowest BCUT2D eigenvalue weighted by atomic mass is 9.93. The minimum absolute atomic E-state index is 0.283. The van der Waals surface area contributed by atoms with Gasteiger partial charge in [0, 0.05) is 18.3 Å². The van der Waals surface area contributed by atoms with Crippen molar-refractivity contribution in [1.29, 1.82) is 0 Å². The Labute approximate surface area is 154 Å². The summed E-state index contributed by atoms with van der Waals surface area (Å²) >= 11 is 0. The van der Waals surface area contributed by atoms with Crippen LogP contribution in [0, 0.1) is 5.92 Å². The number of amides is 1. The van der Waals surface area contributed by atoms with Gasteiger partial charge in [-0.3, -0.25) is 4.79 Å². The van der Waals surface area contributed by atoms with Crippen LogP contribution in [0.25, 0.3) is 0 Å². The molecule has 1 aromatic rings. The van der Waals surface area contributed by atoms with E-state index in [-0.39, 0.29) is 6.04 Å². The summed E-state index contributed by atoms with van der Waals surface area (Å²) in [6, 6.07) is 0.632. The van der Waals surface area contributed by atoms with Crippen LogP contribution in [0.4, 0.5) is 11.8 Å². The number of carbonyl (C=O) groups is 1. The SMILES string of the molecule is C[C@@H](Nc1nc(N[C@H]2CC[C@H](OC3CC3)CC2)ncc1C(N)=O)C1CC1. The molecule has 3 aliphatic rings. The monoisotopic (exact) mass is 359 g/mol. The smallest absolute Gasteiger partial charge is 0.254 e. The molecule has 4 N–H and O–H groups in total. The number of anilines is 2. The molecule has 26 heavy (non-hydrogen) atoms. The molecule has 0 aliphatic heterocycles. The highest BCUT2D eigenvalue weighted by Crippen LogP contribution is 2.34. The zero-order chi connectivity index (χ0) is 18.1. The van der Waals surface area contributed by atoms with Crippen molar-refractivity contribution in [2.75, 3.05) is 10.6 Å². The largest absolute Gasteiger partial charge is 0.375 e. The minimum Gasteiger partial charge on any atom is -0.375 e. The molecule has 1 aromatic heterocycles. The van der Waals surface area contributed by atoms with Gasteiger partial charge in [-0.15, -0.1) is 0 Å². The molecule has 0 radical (unpaired) electrons. The van der Waals surface area contributed by atoms with E-state index in [0.717, 1.165) is 25.7 Å². The van der Waals surface area contributed by atoms with Crippen LogP contribution in [-0.2, 0) is 4.74 Å². The fraction of sp³-hybridized carbons (Fsp3) is 0.737. The highest BCUT2D eigenvalue weighted by atomic mass is 16.5. The quantitative estimate of drug-likeness (QED) is 0.659. The summed E-state index contributed by atoms with van der Waals surface area (Å²) in [6.07, 6.45) is 11.6. The first-order valence-corrected chi connectivity index (χ1v) is 9.94. The zero-order valence-electron chi connectivity index (χ0n) is 15.4. The van der Waals surface area contributed by atoms with Gasteiger partial charge in [0.1, 0.15) is 5.82 Å². The van der Waals surface area contributed by atoms with E-state index in [4.69, 9.17) is 10.5 Å². The summed E-state index contributed by atoms with van der Waals surface area (Å²) in [7, 11) is 0. The first-order chi connectivity index (χ1) is 12.6. The van der Waals surface area contributed by atoms with Crippen LogP contribution in [-0.4, -0.2) is 40.2 Å². The number of carbonyl (C=O) groups excluding carboxylic acids is 1. The molecule has 3 aliphatic carbocycles. The van der Waals surface area contributed by atoms with Crippen LogP contribution in [0.1, 0.15) is 68.6 Å². The van der Waals surface area contributed by atoms with Crippen molar-refractivity contribution in [2.45, 2.75) is 82.6 Å². The molecule has 0 aromatic carbocycles. The van der Waals surface area contributed by atoms with E-state index < -0.39 is 5.91 Å². The Bertz CT molecular complexity index is 651. The molecule has 1 atom stereocenters. The second kappa shape index (κ2) is 7.39. The van der Waals surface area contributed by atoms with Crippen molar-refractivity contribution < 1.29 is 9.53 Å². The zero-order valence-corrected chi connectivity index (χ0v) is 15.4. The number of ether oxygens (including phenoxy) is 1. The van der Waals surface area contributed by atoms with Gasteiger partial charge in [-0.25, -0.2) is 4.98 Å². The summed E-state index contributed by atoms with van der Waals surface area (Å²) in [5.41, 5.74) is 5.83. The molecule has 3 fully saturated rings.